The van der Waals surface area contributed by atoms with Crippen LogP contribution in [-0.2, 0) is 0 Å². The SMILES string of the molecule is O=C(NC1CCOc2ccccc21)c1ccc(Br)cc1S. The van der Waals surface area contributed by atoms with Gasteiger partial charge in [-0.2, -0.15) is 0 Å². The van der Waals surface area contributed by atoms with Crippen molar-refractivity contribution in [1.29, 1.82) is 0 Å². The first kappa shape index (κ1) is 14.5. The van der Waals surface area contributed by atoms with Crippen LogP contribution >= 0.6 is 28.6 Å². The molecule has 21 heavy (non-hydrogen) atoms. The molecule has 3 nitrogen and oxygen atoms in total. The monoisotopic (exact) mass is 363 g/mol. The molecule has 0 saturated heterocycles. The summed E-state index contributed by atoms with van der Waals surface area (Å²) >= 11 is 7.73. The minimum absolute atomic E-state index is 0.0289. The Morgan fingerprint density at radius 3 is 2.90 bits per heavy atom. The van der Waals surface area contributed by atoms with Crippen molar-refractivity contribution < 1.29 is 9.53 Å². The van der Waals surface area contributed by atoms with Crippen LogP contribution in [0, 0.1) is 0 Å². The van der Waals surface area contributed by atoms with Gasteiger partial charge >= 0.3 is 0 Å². The predicted molar refractivity (Wildman–Crippen MR) is 88.2 cm³/mol. The molecule has 3 rings (SSSR count). The van der Waals surface area contributed by atoms with Crippen molar-refractivity contribution in [3.8, 4) is 5.75 Å². The molecule has 1 aliphatic rings. The first-order valence-electron chi connectivity index (χ1n) is 6.66. The minimum Gasteiger partial charge on any atom is -0.493 e. The Labute approximate surface area is 137 Å². The molecule has 0 fully saturated rings. The molecule has 1 heterocycles. The minimum atomic E-state index is -0.116. The van der Waals surface area contributed by atoms with E-state index in [1.165, 1.54) is 0 Å². The van der Waals surface area contributed by atoms with Gasteiger partial charge < -0.3 is 10.1 Å². The predicted octanol–water partition coefficient (Wildman–Crippen LogP) is 3.99. The molecular formula is C16H14BrNO2S. The highest BCUT2D eigenvalue weighted by Crippen LogP contribution is 2.32. The molecule has 1 amide bonds. The average molecular weight is 364 g/mol. The summed E-state index contributed by atoms with van der Waals surface area (Å²) in [4.78, 5) is 13.1. The maximum atomic E-state index is 12.4. The number of thiol groups is 1. The van der Waals surface area contributed by atoms with Gasteiger partial charge in [0, 0.05) is 21.4 Å². The summed E-state index contributed by atoms with van der Waals surface area (Å²) in [5.41, 5.74) is 1.60. The molecule has 0 aromatic heterocycles. The molecule has 0 aliphatic carbocycles. The van der Waals surface area contributed by atoms with Crippen LogP contribution in [0.2, 0.25) is 0 Å². The van der Waals surface area contributed by atoms with E-state index in [4.69, 9.17) is 4.74 Å². The Kier molecular flexibility index (Phi) is 4.22. The maximum absolute atomic E-state index is 12.4. The lowest BCUT2D eigenvalue weighted by Gasteiger charge is -2.26. The fourth-order valence-electron chi connectivity index (χ4n) is 2.42. The van der Waals surface area contributed by atoms with E-state index in [2.05, 4.69) is 33.9 Å². The van der Waals surface area contributed by atoms with Crippen molar-refractivity contribution in [2.75, 3.05) is 6.61 Å². The lowest BCUT2D eigenvalue weighted by Crippen LogP contribution is -2.32. The van der Waals surface area contributed by atoms with Gasteiger partial charge in [-0.25, -0.2) is 0 Å². The number of hydrogen-bond donors (Lipinski definition) is 2. The number of halogens is 1. The summed E-state index contributed by atoms with van der Waals surface area (Å²) in [6.07, 6.45) is 0.765. The van der Waals surface area contributed by atoms with Gasteiger partial charge in [-0.1, -0.05) is 34.1 Å². The summed E-state index contributed by atoms with van der Waals surface area (Å²) in [7, 11) is 0. The normalized spacial score (nSPS) is 16.8. The summed E-state index contributed by atoms with van der Waals surface area (Å²) in [6, 6.07) is 13.2. The van der Waals surface area contributed by atoms with Gasteiger partial charge in [0.25, 0.3) is 5.91 Å². The van der Waals surface area contributed by atoms with Crippen LogP contribution in [0.4, 0.5) is 0 Å². The van der Waals surface area contributed by atoms with Crippen molar-refractivity contribution >= 4 is 34.5 Å². The average Bonchev–Trinajstić information content (AvgIpc) is 2.47. The molecule has 1 aliphatic heterocycles. The van der Waals surface area contributed by atoms with E-state index in [-0.39, 0.29) is 11.9 Å². The third kappa shape index (κ3) is 3.09. The maximum Gasteiger partial charge on any atom is 0.252 e. The molecule has 0 spiro atoms. The van der Waals surface area contributed by atoms with E-state index < -0.39 is 0 Å². The molecule has 2 aromatic carbocycles. The highest BCUT2D eigenvalue weighted by molar-refractivity contribution is 9.10. The quantitative estimate of drug-likeness (QED) is 0.791. The Balaban J connectivity index is 1.83. The van der Waals surface area contributed by atoms with E-state index in [9.17, 15) is 4.79 Å². The first-order valence-corrected chi connectivity index (χ1v) is 7.90. The van der Waals surface area contributed by atoms with E-state index in [1.54, 1.807) is 6.07 Å². The number of carbonyl (C=O) groups excluding carboxylic acids is 1. The van der Waals surface area contributed by atoms with Crippen LogP contribution in [0.3, 0.4) is 0 Å². The van der Waals surface area contributed by atoms with Crippen LogP contribution in [-0.4, -0.2) is 12.5 Å². The molecule has 0 radical (unpaired) electrons. The highest BCUT2D eigenvalue weighted by atomic mass is 79.9. The molecule has 2 aromatic rings. The summed E-state index contributed by atoms with van der Waals surface area (Å²) in [5.74, 6) is 0.727. The molecule has 1 unspecified atom stereocenters. The van der Waals surface area contributed by atoms with Gasteiger partial charge in [0.05, 0.1) is 18.2 Å². The molecule has 1 atom stereocenters. The molecule has 0 saturated carbocycles. The molecule has 0 bridgehead atoms. The zero-order chi connectivity index (χ0) is 14.8. The van der Waals surface area contributed by atoms with Gasteiger partial charge in [0.15, 0.2) is 0 Å². The zero-order valence-corrected chi connectivity index (χ0v) is 13.7. The Morgan fingerprint density at radius 1 is 1.29 bits per heavy atom. The van der Waals surface area contributed by atoms with Gasteiger partial charge in [-0.15, -0.1) is 12.6 Å². The van der Waals surface area contributed by atoms with Gasteiger partial charge in [-0.05, 0) is 24.3 Å². The van der Waals surface area contributed by atoms with E-state index in [0.717, 1.165) is 22.2 Å². The Hall–Kier alpha value is -1.46. The van der Waals surface area contributed by atoms with E-state index >= 15 is 0 Å². The first-order chi connectivity index (χ1) is 10.1. The lowest BCUT2D eigenvalue weighted by atomic mass is 10.00. The van der Waals surface area contributed by atoms with Crippen molar-refractivity contribution in [2.45, 2.75) is 17.4 Å². The number of ether oxygens (including phenoxy) is 1. The third-order valence-corrected chi connectivity index (χ3v) is 4.33. The summed E-state index contributed by atoms with van der Waals surface area (Å²) < 4.78 is 6.51. The number of carbonyl (C=O) groups is 1. The van der Waals surface area contributed by atoms with Gasteiger partial charge in [-0.3, -0.25) is 4.79 Å². The molecule has 108 valence electrons. The van der Waals surface area contributed by atoms with Crippen LogP contribution in [0.15, 0.2) is 51.8 Å². The Morgan fingerprint density at radius 2 is 2.10 bits per heavy atom. The Bertz CT molecular complexity index is 690. The fourth-order valence-corrected chi connectivity index (χ4v) is 3.28. The van der Waals surface area contributed by atoms with E-state index in [1.807, 2.05) is 36.4 Å². The highest BCUT2D eigenvalue weighted by Gasteiger charge is 2.23. The van der Waals surface area contributed by atoms with Crippen molar-refractivity contribution in [2.24, 2.45) is 0 Å². The topological polar surface area (TPSA) is 38.3 Å². The third-order valence-electron chi connectivity index (χ3n) is 3.47. The lowest BCUT2D eigenvalue weighted by molar-refractivity contribution is 0.0922. The number of amides is 1. The van der Waals surface area contributed by atoms with Crippen molar-refractivity contribution in [3.63, 3.8) is 0 Å². The van der Waals surface area contributed by atoms with E-state index in [0.29, 0.717) is 17.1 Å². The van der Waals surface area contributed by atoms with Crippen LogP contribution < -0.4 is 10.1 Å². The van der Waals surface area contributed by atoms with Gasteiger partial charge in [0.1, 0.15) is 5.75 Å². The number of hydrogen-bond acceptors (Lipinski definition) is 3. The number of rotatable bonds is 2. The van der Waals surface area contributed by atoms with Crippen molar-refractivity contribution in [3.05, 3.63) is 58.1 Å². The second kappa shape index (κ2) is 6.12. The zero-order valence-electron chi connectivity index (χ0n) is 11.2. The molecular weight excluding hydrogens is 350 g/mol. The second-order valence-electron chi connectivity index (χ2n) is 4.86. The number of benzene rings is 2. The summed E-state index contributed by atoms with van der Waals surface area (Å²) in [5, 5.41) is 3.07. The van der Waals surface area contributed by atoms with Crippen molar-refractivity contribution in [1.82, 2.24) is 5.32 Å². The number of para-hydroxylation sites is 1. The standard InChI is InChI=1S/C16H14BrNO2S/c17-10-5-6-12(15(21)9-10)16(19)18-13-7-8-20-14-4-2-1-3-11(13)14/h1-6,9,13,21H,7-8H2,(H,18,19). The number of fused-ring (bicyclic) bond motifs is 1. The fraction of sp³-hybridized carbons (Fsp3) is 0.188. The van der Waals surface area contributed by atoms with Gasteiger partial charge in [0.2, 0.25) is 0 Å². The van der Waals surface area contributed by atoms with Crippen LogP contribution in [0.1, 0.15) is 28.4 Å². The number of nitrogens with one attached hydrogen (secondary N) is 1. The molecule has 1 N–H and O–H groups in total. The summed E-state index contributed by atoms with van der Waals surface area (Å²) in [6.45, 7) is 0.607. The molecule has 5 heteroatoms. The second-order valence-corrected chi connectivity index (χ2v) is 6.26. The smallest absolute Gasteiger partial charge is 0.252 e. The largest absolute Gasteiger partial charge is 0.493 e. The van der Waals surface area contributed by atoms with Crippen LogP contribution in [0.5, 0.6) is 5.75 Å². The van der Waals surface area contributed by atoms with Crippen LogP contribution in [0.25, 0.3) is 0 Å².